The van der Waals surface area contributed by atoms with E-state index in [1.54, 1.807) is 0 Å². The molecule has 7 rings (SSSR count). The van der Waals surface area contributed by atoms with Crippen LogP contribution in [0.4, 0.5) is 49.7 Å². The van der Waals surface area contributed by atoms with Gasteiger partial charge in [0.25, 0.3) is 5.92 Å². The van der Waals surface area contributed by atoms with E-state index < -0.39 is 126 Å². The molecule has 1 unspecified atom stereocenters. The third-order valence-corrected chi connectivity index (χ3v) is 13.4. The van der Waals surface area contributed by atoms with E-state index in [4.69, 9.17) is 11.6 Å². The predicted octanol–water partition coefficient (Wildman–Crippen LogP) is 7.66. The summed E-state index contributed by atoms with van der Waals surface area (Å²) in [5.41, 5.74) is -5.17. The Bertz CT molecular complexity index is 3030. The fraction of sp³-hybridized carbons (Fsp3) is 0.385. The lowest BCUT2D eigenvalue weighted by Gasteiger charge is -2.23. The number of aromatic nitrogens is 5. The molecule has 0 spiro atoms. The van der Waals surface area contributed by atoms with Crippen LogP contribution in [0.15, 0.2) is 42.5 Å². The van der Waals surface area contributed by atoms with Gasteiger partial charge in [-0.1, -0.05) is 23.6 Å². The number of nitrogens with one attached hydrogen (secondary N) is 2. The van der Waals surface area contributed by atoms with Gasteiger partial charge in [0.15, 0.2) is 21.3 Å². The first-order valence-corrected chi connectivity index (χ1v) is 22.8. The molecule has 2 aliphatic rings. The molecule has 12 nitrogen and oxygen atoms in total. The van der Waals surface area contributed by atoms with Crippen molar-refractivity contribution in [1.29, 1.82) is 0 Å². The Balaban J connectivity index is 1.45. The van der Waals surface area contributed by atoms with E-state index >= 15 is 8.78 Å². The first-order chi connectivity index (χ1) is 29.3. The van der Waals surface area contributed by atoms with E-state index in [1.807, 2.05) is 4.72 Å². The van der Waals surface area contributed by atoms with Gasteiger partial charge in [-0.2, -0.15) is 45.3 Å². The van der Waals surface area contributed by atoms with Crippen LogP contribution < -0.4 is 10.0 Å². The number of anilines is 1. The van der Waals surface area contributed by atoms with Crippen LogP contribution in [0.25, 0.3) is 22.0 Å². The summed E-state index contributed by atoms with van der Waals surface area (Å²) in [6.07, 6.45) is -9.46. The first-order valence-electron chi connectivity index (χ1n) is 18.6. The number of benzene rings is 2. The highest BCUT2D eigenvalue weighted by Crippen LogP contribution is 2.68. The topological polar surface area (TPSA) is 158 Å². The van der Waals surface area contributed by atoms with Crippen LogP contribution in [0, 0.1) is 29.4 Å². The second kappa shape index (κ2) is 15.6. The van der Waals surface area contributed by atoms with Gasteiger partial charge in [0, 0.05) is 34.9 Å². The van der Waals surface area contributed by atoms with Crippen LogP contribution in [-0.4, -0.2) is 70.7 Å². The van der Waals surface area contributed by atoms with E-state index in [1.165, 1.54) is 32.0 Å². The summed E-state index contributed by atoms with van der Waals surface area (Å²) in [4.78, 5) is 18.5. The number of carbonyl (C=O) groups excluding carboxylic acids is 1. The second-order valence-electron chi connectivity index (χ2n) is 15.9. The number of hydrogen-bond acceptors (Lipinski definition) is 8. The highest BCUT2D eigenvalue weighted by atomic mass is 35.5. The number of sulfone groups is 1. The minimum atomic E-state index is -5.19. The van der Waals surface area contributed by atoms with E-state index in [0.29, 0.717) is 17.0 Å². The minimum Gasteiger partial charge on any atom is -0.346 e. The van der Waals surface area contributed by atoms with Crippen molar-refractivity contribution in [3.63, 3.8) is 0 Å². The Labute approximate surface area is 362 Å². The zero-order chi connectivity index (χ0) is 47.3. The van der Waals surface area contributed by atoms with Crippen molar-refractivity contribution in [1.82, 2.24) is 29.9 Å². The van der Waals surface area contributed by atoms with Crippen molar-refractivity contribution in [2.45, 2.75) is 74.8 Å². The Morgan fingerprint density at radius 1 is 0.953 bits per heavy atom. The van der Waals surface area contributed by atoms with Crippen LogP contribution in [0.5, 0.6) is 0 Å². The molecule has 0 aliphatic heterocycles. The number of alkyl halides is 8. The average Bonchev–Trinajstić information content (AvgIpc) is 3.66. The van der Waals surface area contributed by atoms with Gasteiger partial charge in [-0.25, -0.2) is 30.6 Å². The Hall–Kier alpha value is -5.41. The molecule has 2 aromatic carbocycles. The Kier molecular flexibility index (Phi) is 11.4. The smallest absolute Gasteiger partial charge is 0.346 e. The molecule has 64 heavy (non-hydrogen) atoms. The van der Waals surface area contributed by atoms with E-state index in [2.05, 4.69) is 32.3 Å². The largest absolute Gasteiger partial charge is 0.435 e. The molecule has 342 valence electrons. The van der Waals surface area contributed by atoms with E-state index in [9.17, 15) is 56.8 Å². The number of amides is 1. The number of halogens is 11. The molecule has 0 bridgehead atoms. The minimum absolute atomic E-state index is 0.195. The number of pyridine rings is 1. The van der Waals surface area contributed by atoms with E-state index in [-0.39, 0.29) is 49.6 Å². The molecular weight excluding hydrogens is 936 g/mol. The molecule has 3 heterocycles. The number of hydrogen-bond donors (Lipinski definition) is 2. The molecule has 3 aromatic heterocycles. The molecule has 5 aromatic rings. The molecule has 1 amide bonds. The van der Waals surface area contributed by atoms with Gasteiger partial charge >= 0.3 is 12.4 Å². The average molecular weight is 968 g/mol. The Morgan fingerprint density at radius 3 is 2.19 bits per heavy atom. The van der Waals surface area contributed by atoms with Crippen molar-refractivity contribution in [3.8, 4) is 23.0 Å². The molecule has 2 aliphatic carbocycles. The molecule has 2 N–H and O–H groups in total. The van der Waals surface area contributed by atoms with Crippen molar-refractivity contribution in [3.05, 3.63) is 93.0 Å². The zero-order valence-corrected chi connectivity index (χ0v) is 35.7. The quantitative estimate of drug-likeness (QED) is 0.101. The third kappa shape index (κ3) is 9.24. The van der Waals surface area contributed by atoms with Crippen LogP contribution in [-0.2, 0) is 56.3 Å². The van der Waals surface area contributed by atoms with Crippen molar-refractivity contribution >= 4 is 54.1 Å². The second-order valence-corrected chi connectivity index (χ2v) is 20.6. The molecule has 25 heteroatoms. The summed E-state index contributed by atoms with van der Waals surface area (Å²) < 4.78 is 195. The van der Waals surface area contributed by atoms with Gasteiger partial charge in [-0.15, -0.1) is 0 Å². The lowest BCUT2D eigenvalue weighted by molar-refractivity contribution is -0.142. The predicted molar refractivity (Wildman–Crippen MR) is 211 cm³/mol. The summed E-state index contributed by atoms with van der Waals surface area (Å²) in [7, 11) is -8.06. The lowest BCUT2D eigenvalue weighted by Crippen LogP contribution is -2.35. The summed E-state index contributed by atoms with van der Waals surface area (Å²) in [6, 6.07) is 5.24. The first kappa shape index (κ1) is 46.6. The highest BCUT2D eigenvalue weighted by molar-refractivity contribution is 7.92. The number of carbonyl (C=O) groups is 1. The van der Waals surface area contributed by atoms with Gasteiger partial charge in [-0.05, 0) is 74.4 Å². The maximum atomic E-state index is 15.5. The molecule has 3 atom stereocenters. The zero-order valence-electron chi connectivity index (χ0n) is 33.4. The third-order valence-electron chi connectivity index (χ3n) is 10.6. The highest BCUT2D eigenvalue weighted by Gasteiger charge is 2.68. The monoisotopic (exact) mass is 967 g/mol. The maximum Gasteiger partial charge on any atom is 0.435 e. The van der Waals surface area contributed by atoms with Crippen molar-refractivity contribution in [2.75, 3.05) is 17.2 Å². The van der Waals surface area contributed by atoms with Crippen molar-refractivity contribution < 1.29 is 65.5 Å². The number of rotatable bonds is 11. The van der Waals surface area contributed by atoms with Crippen LogP contribution >= 0.6 is 11.6 Å². The number of fused-ring (bicyclic) bond motifs is 4. The molecule has 1 saturated carbocycles. The standard InChI is InChI=1S/C39H32ClF10N7O5S2/c1-36(2,63(3,59)60)10-9-21-5-6-22(23-7-8-26(40)30-32(23)57(17-37(43,44)45)54-35(30)55-64(4,61)62)31(51-21)27(13-18-11-19(41)14-20(42)12-18)52-28(58)16-56-34-29(33(53-56)39(48,49)50)24-15-25(24)38(34,46)47/h5-8,11-12,14,24-25,27H,13,15-17H2,1-4H3,(H,52,58)(H,54,55)/t24-,25+,27?/m0/s1. The van der Waals surface area contributed by atoms with Crippen LogP contribution in [0.1, 0.15) is 66.1 Å². The fourth-order valence-corrected chi connectivity index (χ4v) is 8.50. The van der Waals surface area contributed by atoms with Gasteiger partial charge in [0.2, 0.25) is 15.9 Å². The van der Waals surface area contributed by atoms with E-state index in [0.717, 1.165) is 24.5 Å². The van der Waals surface area contributed by atoms with Gasteiger partial charge in [-0.3, -0.25) is 18.9 Å². The van der Waals surface area contributed by atoms with Crippen LogP contribution in [0.2, 0.25) is 5.02 Å². The molecule has 0 radical (unpaired) electrons. The van der Waals surface area contributed by atoms with Gasteiger partial charge in [0.1, 0.15) is 40.9 Å². The SMILES string of the molecule is CC(C)(C#Cc1ccc(-c2ccc(Cl)c3c(NS(C)(=O)=O)nn(CC(F)(F)F)c23)c(C(Cc2cc(F)cc(F)c2)NC(=O)Cn2nc(C(F)(F)F)c3c2C(F)(F)[C@@H]2C[C@H]32)n1)S(C)(=O)=O. The Morgan fingerprint density at radius 2 is 1.59 bits per heavy atom. The molecule has 0 saturated heterocycles. The van der Waals surface area contributed by atoms with Gasteiger partial charge < -0.3 is 5.32 Å². The molecule has 1 fully saturated rings. The van der Waals surface area contributed by atoms with Crippen molar-refractivity contribution in [2.24, 2.45) is 5.92 Å². The lowest BCUT2D eigenvalue weighted by atomic mass is 9.93. The summed E-state index contributed by atoms with van der Waals surface area (Å²) in [6.45, 7) is -0.547. The maximum absolute atomic E-state index is 15.5. The van der Waals surface area contributed by atoms with Crippen LogP contribution in [0.3, 0.4) is 0 Å². The summed E-state index contributed by atoms with van der Waals surface area (Å²) in [5.74, 6) is -5.43. The normalized spacial score (nSPS) is 17.7. The fourth-order valence-electron chi connectivity index (χ4n) is 7.52. The molecular formula is C39H32ClF10N7O5S2. The summed E-state index contributed by atoms with van der Waals surface area (Å²) >= 11 is 6.46. The number of nitrogens with zero attached hydrogens (tertiary/aromatic N) is 5. The number of sulfonamides is 1. The summed E-state index contributed by atoms with van der Waals surface area (Å²) in [5, 5.41) is 9.01. The van der Waals surface area contributed by atoms with Gasteiger partial charge in [0.05, 0.1) is 33.9 Å².